The van der Waals surface area contributed by atoms with Crippen LogP contribution in [0.25, 0.3) is 11.5 Å². The molecule has 0 radical (unpaired) electrons. The molecule has 40 heavy (non-hydrogen) atoms. The summed E-state index contributed by atoms with van der Waals surface area (Å²) in [6, 6.07) is 19.0. The number of non-ortho nitro benzene ring substituents is 1. The van der Waals surface area contributed by atoms with Crippen LogP contribution in [-0.4, -0.2) is 63.8 Å². The molecule has 204 valence electrons. The number of carbonyl (C=O) groups is 2. The molecule has 1 N–H and O–H groups in total. The van der Waals surface area contributed by atoms with Crippen molar-refractivity contribution in [3.05, 3.63) is 94.3 Å². The highest BCUT2D eigenvalue weighted by Gasteiger charge is 2.23. The zero-order valence-corrected chi connectivity index (χ0v) is 21.8. The Kier molecular flexibility index (Phi) is 8.01. The summed E-state index contributed by atoms with van der Waals surface area (Å²) in [5, 5.41) is 21.8. The van der Waals surface area contributed by atoms with Gasteiger partial charge in [-0.1, -0.05) is 23.9 Å². The maximum Gasteiger partial charge on any atom is 0.277 e. The predicted molar refractivity (Wildman–Crippen MR) is 147 cm³/mol. The van der Waals surface area contributed by atoms with Crippen LogP contribution in [0, 0.1) is 15.9 Å². The molecule has 0 spiro atoms. The normalized spacial score (nSPS) is 13.2. The van der Waals surface area contributed by atoms with E-state index in [2.05, 4.69) is 20.4 Å². The van der Waals surface area contributed by atoms with Gasteiger partial charge in [-0.2, -0.15) is 0 Å². The Morgan fingerprint density at radius 2 is 1.75 bits per heavy atom. The SMILES string of the molecule is O=C(CSc1nnc(-c2cccc([N+](=O)[O-])c2)o1)Nc1ccc(N2CCN(C(=O)c3cccc(F)c3)CC2)cc1. The van der Waals surface area contributed by atoms with Crippen molar-refractivity contribution in [3.63, 3.8) is 0 Å². The molecule has 3 aromatic carbocycles. The lowest BCUT2D eigenvalue weighted by molar-refractivity contribution is -0.384. The van der Waals surface area contributed by atoms with Gasteiger partial charge in [0.15, 0.2) is 0 Å². The van der Waals surface area contributed by atoms with Gasteiger partial charge >= 0.3 is 0 Å². The van der Waals surface area contributed by atoms with Crippen molar-refractivity contribution in [1.29, 1.82) is 0 Å². The Balaban J connectivity index is 1.09. The van der Waals surface area contributed by atoms with Crippen LogP contribution in [-0.2, 0) is 4.79 Å². The quantitative estimate of drug-likeness (QED) is 0.187. The summed E-state index contributed by atoms with van der Waals surface area (Å²) in [4.78, 5) is 39.4. The van der Waals surface area contributed by atoms with Gasteiger partial charge in [0.1, 0.15) is 5.82 Å². The number of halogens is 1. The van der Waals surface area contributed by atoms with Gasteiger partial charge in [0.25, 0.3) is 16.8 Å². The van der Waals surface area contributed by atoms with Gasteiger partial charge in [-0.15, -0.1) is 10.2 Å². The third-order valence-corrected chi connectivity index (χ3v) is 7.01. The van der Waals surface area contributed by atoms with E-state index in [0.29, 0.717) is 43.0 Å². The average molecular weight is 563 g/mol. The lowest BCUT2D eigenvalue weighted by atomic mass is 10.1. The monoisotopic (exact) mass is 562 g/mol. The second-order valence-electron chi connectivity index (χ2n) is 8.85. The van der Waals surface area contributed by atoms with E-state index in [0.717, 1.165) is 17.4 Å². The van der Waals surface area contributed by atoms with E-state index in [1.165, 1.54) is 36.4 Å². The number of aromatic nitrogens is 2. The molecule has 2 amide bonds. The van der Waals surface area contributed by atoms with Gasteiger partial charge in [-0.3, -0.25) is 19.7 Å². The first-order valence-electron chi connectivity index (χ1n) is 12.3. The number of nitro benzene ring substituents is 1. The van der Waals surface area contributed by atoms with Crippen molar-refractivity contribution >= 4 is 40.6 Å². The van der Waals surface area contributed by atoms with Crippen LogP contribution in [0.2, 0.25) is 0 Å². The van der Waals surface area contributed by atoms with Crippen molar-refractivity contribution in [2.75, 3.05) is 42.1 Å². The van der Waals surface area contributed by atoms with Crippen LogP contribution in [0.1, 0.15) is 10.4 Å². The van der Waals surface area contributed by atoms with Gasteiger partial charge in [-0.25, -0.2) is 4.39 Å². The number of carbonyl (C=O) groups excluding carboxylic acids is 2. The smallest absolute Gasteiger partial charge is 0.277 e. The summed E-state index contributed by atoms with van der Waals surface area (Å²) >= 11 is 1.05. The van der Waals surface area contributed by atoms with E-state index in [4.69, 9.17) is 4.42 Å². The molecule has 2 heterocycles. The lowest BCUT2D eigenvalue weighted by Gasteiger charge is -2.36. The summed E-state index contributed by atoms with van der Waals surface area (Å²) < 4.78 is 19.0. The molecule has 5 rings (SSSR count). The molecule has 1 saturated heterocycles. The van der Waals surface area contributed by atoms with Gasteiger partial charge < -0.3 is 19.5 Å². The van der Waals surface area contributed by atoms with E-state index in [1.54, 1.807) is 29.2 Å². The van der Waals surface area contributed by atoms with Crippen LogP contribution in [0.3, 0.4) is 0 Å². The van der Waals surface area contributed by atoms with Crippen molar-refractivity contribution in [2.45, 2.75) is 5.22 Å². The maximum atomic E-state index is 13.5. The average Bonchev–Trinajstić information content (AvgIpc) is 3.46. The first-order valence-corrected chi connectivity index (χ1v) is 13.2. The molecule has 0 aliphatic carbocycles. The Labute approximate surface area is 232 Å². The number of rotatable bonds is 8. The van der Waals surface area contributed by atoms with Crippen LogP contribution >= 0.6 is 11.8 Å². The summed E-state index contributed by atoms with van der Waals surface area (Å²) in [6.45, 7) is 2.30. The number of thioether (sulfide) groups is 1. The molecule has 0 unspecified atom stereocenters. The molecular weight excluding hydrogens is 539 g/mol. The fraction of sp³-hybridized carbons (Fsp3) is 0.185. The number of benzene rings is 3. The summed E-state index contributed by atoms with van der Waals surface area (Å²) in [6.07, 6.45) is 0. The fourth-order valence-electron chi connectivity index (χ4n) is 4.19. The number of hydrogen-bond donors (Lipinski definition) is 1. The minimum absolute atomic E-state index is 0.0274. The highest BCUT2D eigenvalue weighted by atomic mass is 32.2. The second kappa shape index (κ2) is 11.9. The number of anilines is 2. The Morgan fingerprint density at radius 3 is 2.48 bits per heavy atom. The Bertz CT molecular complexity index is 1540. The third-order valence-electron chi connectivity index (χ3n) is 6.19. The predicted octanol–water partition coefficient (Wildman–Crippen LogP) is 4.48. The van der Waals surface area contributed by atoms with Crippen LogP contribution in [0.5, 0.6) is 0 Å². The second-order valence-corrected chi connectivity index (χ2v) is 9.78. The number of hydrogen-bond acceptors (Lipinski definition) is 9. The molecule has 0 bridgehead atoms. The van der Waals surface area contributed by atoms with Gasteiger partial charge in [0.05, 0.1) is 10.7 Å². The number of nitrogens with one attached hydrogen (secondary N) is 1. The largest absolute Gasteiger partial charge is 0.411 e. The van der Waals surface area contributed by atoms with E-state index < -0.39 is 10.7 Å². The number of nitrogens with zero attached hydrogens (tertiary/aromatic N) is 5. The van der Waals surface area contributed by atoms with Gasteiger partial charge in [0, 0.05) is 60.8 Å². The zero-order chi connectivity index (χ0) is 28.1. The molecule has 1 aliphatic heterocycles. The highest BCUT2D eigenvalue weighted by molar-refractivity contribution is 7.99. The molecule has 11 nitrogen and oxygen atoms in total. The molecule has 1 aromatic heterocycles. The van der Waals surface area contributed by atoms with Crippen LogP contribution in [0.4, 0.5) is 21.5 Å². The van der Waals surface area contributed by atoms with Crippen LogP contribution < -0.4 is 10.2 Å². The minimum Gasteiger partial charge on any atom is -0.411 e. The number of piperazine rings is 1. The molecule has 0 saturated carbocycles. The standard InChI is InChI=1S/C27H23FN6O5S/c28-20-5-1-4-19(15-20)26(36)33-13-11-32(12-14-33)22-9-7-21(8-10-22)29-24(35)17-40-27-31-30-25(39-27)18-3-2-6-23(16-18)34(37)38/h1-10,15-16H,11-14,17H2,(H,29,35). The van der Waals surface area contributed by atoms with Crippen LogP contribution in [0.15, 0.2) is 82.4 Å². The van der Waals surface area contributed by atoms with E-state index in [-0.39, 0.29) is 34.4 Å². The summed E-state index contributed by atoms with van der Waals surface area (Å²) in [7, 11) is 0. The van der Waals surface area contributed by atoms with E-state index in [9.17, 15) is 24.1 Å². The van der Waals surface area contributed by atoms with E-state index >= 15 is 0 Å². The first-order chi connectivity index (χ1) is 19.4. The topological polar surface area (TPSA) is 135 Å². The summed E-state index contributed by atoms with van der Waals surface area (Å²) in [5.74, 6) is -0.730. The van der Waals surface area contributed by atoms with Crippen molar-refractivity contribution in [3.8, 4) is 11.5 Å². The van der Waals surface area contributed by atoms with Crippen molar-refractivity contribution in [1.82, 2.24) is 15.1 Å². The Morgan fingerprint density at radius 1 is 1.00 bits per heavy atom. The zero-order valence-electron chi connectivity index (χ0n) is 21.0. The third kappa shape index (κ3) is 6.43. The van der Waals surface area contributed by atoms with E-state index in [1.807, 2.05) is 12.1 Å². The molecule has 0 atom stereocenters. The maximum absolute atomic E-state index is 13.5. The first kappa shape index (κ1) is 26.8. The van der Waals surface area contributed by atoms with Gasteiger partial charge in [0.2, 0.25) is 11.8 Å². The highest BCUT2D eigenvalue weighted by Crippen LogP contribution is 2.26. The van der Waals surface area contributed by atoms with Crippen molar-refractivity contribution < 1.29 is 23.3 Å². The lowest BCUT2D eigenvalue weighted by Crippen LogP contribution is -2.48. The summed E-state index contributed by atoms with van der Waals surface area (Å²) in [5.41, 5.74) is 2.25. The fourth-order valence-corrected chi connectivity index (χ4v) is 4.75. The Hall–Kier alpha value is -4.78. The molecule has 4 aromatic rings. The van der Waals surface area contributed by atoms with Crippen molar-refractivity contribution in [2.24, 2.45) is 0 Å². The molecular formula is C27H23FN6O5S. The molecule has 1 aliphatic rings. The van der Waals surface area contributed by atoms with Gasteiger partial charge in [-0.05, 0) is 48.5 Å². The minimum atomic E-state index is -0.508. The molecule has 13 heteroatoms. The number of nitro groups is 1. The molecule has 1 fully saturated rings. The number of amides is 2.